The molecule has 0 aliphatic rings. The van der Waals surface area contributed by atoms with Crippen molar-refractivity contribution in [3.63, 3.8) is 0 Å². The lowest BCUT2D eigenvalue weighted by molar-refractivity contribution is 0.0948. The van der Waals surface area contributed by atoms with Crippen LogP contribution in [0.3, 0.4) is 0 Å². The molecule has 0 saturated carbocycles. The third-order valence-corrected chi connectivity index (χ3v) is 4.41. The summed E-state index contributed by atoms with van der Waals surface area (Å²) in [6.07, 6.45) is 0.825. The van der Waals surface area contributed by atoms with Crippen molar-refractivity contribution in [2.24, 2.45) is 0 Å². The Bertz CT molecular complexity index is 638. The molecule has 8 heteroatoms. The Balaban J connectivity index is 1.68. The minimum atomic E-state index is -0.278. The summed E-state index contributed by atoms with van der Waals surface area (Å²) in [6.45, 7) is 2.48. The van der Waals surface area contributed by atoms with E-state index in [1.807, 2.05) is 6.92 Å². The van der Waals surface area contributed by atoms with E-state index in [9.17, 15) is 9.59 Å². The van der Waals surface area contributed by atoms with E-state index >= 15 is 0 Å². The minimum absolute atomic E-state index is 0.264. The van der Waals surface area contributed by atoms with Crippen LogP contribution in [-0.4, -0.2) is 33.4 Å². The van der Waals surface area contributed by atoms with Crippen LogP contribution in [0.4, 0.5) is 0 Å². The molecule has 2 aromatic heterocycles. The Kier molecular flexibility index (Phi) is 5.31. The highest BCUT2D eigenvalue weighted by Crippen LogP contribution is 2.21. The third kappa shape index (κ3) is 4.46. The first-order valence-corrected chi connectivity index (χ1v) is 7.86. The van der Waals surface area contributed by atoms with Crippen LogP contribution in [-0.2, 0) is 0 Å². The molecule has 0 spiro atoms. The predicted octanol–water partition coefficient (Wildman–Crippen LogP) is 1.45. The summed E-state index contributed by atoms with van der Waals surface area (Å²) < 4.78 is 0.946. The number of thioether (sulfide) groups is 1. The Morgan fingerprint density at radius 2 is 2.30 bits per heavy atom. The van der Waals surface area contributed by atoms with E-state index in [4.69, 9.17) is 0 Å². The van der Waals surface area contributed by atoms with Crippen LogP contribution in [0.5, 0.6) is 0 Å². The van der Waals surface area contributed by atoms with E-state index in [0.717, 1.165) is 21.5 Å². The molecule has 0 radical (unpaired) electrons. The number of amides is 1. The van der Waals surface area contributed by atoms with Gasteiger partial charge in [0.1, 0.15) is 10.7 Å². The Morgan fingerprint density at radius 1 is 1.45 bits per heavy atom. The Labute approximate surface area is 124 Å². The van der Waals surface area contributed by atoms with Gasteiger partial charge in [-0.25, -0.2) is 0 Å². The largest absolute Gasteiger partial charge is 0.351 e. The molecular formula is C12H14N4O2S2. The van der Waals surface area contributed by atoms with E-state index in [1.165, 1.54) is 6.07 Å². The molecule has 0 bridgehead atoms. The second-order valence-corrected chi connectivity index (χ2v) is 6.50. The van der Waals surface area contributed by atoms with Crippen molar-refractivity contribution in [3.8, 4) is 0 Å². The van der Waals surface area contributed by atoms with Gasteiger partial charge in [0, 0.05) is 18.4 Å². The maximum atomic E-state index is 11.7. The average Bonchev–Trinajstić information content (AvgIpc) is 2.84. The van der Waals surface area contributed by atoms with Crippen molar-refractivity contribution in [2.45, 2.75) is 17.7 Å². The van der Waals surface area contributed by atoms with Gasteiger partial charge in [0.25, 0.3) is 5.91 Å². The lowest BCUT2D eigenvalue weighted by atomic mass is 10.3. The second kappa shape index (κ2) is 7.20. The van der Waals surface area contributed by atoms with Crippen molar-refractivity contribution in [1.82, 2.24) is 20.5 Å². The number of hydrogen-bond donors (Lipinski definition) is 2. The Morgan fingerprint density at radius 3 is 3.00 bits per heavy atom. The molecular weight excluding hydrogens is 296 g/mol. The van der Waals surface area contributed by atoms with Gasteiger partial charge in [-0.3, -0.25) is 9.59 Å². The minimum Gasteiger partial charge on any atom is -0.351 e. The molecule has 20 heavy (non-hydrogen) atoms. The summed E-state index contributed by atoms with van der Waals surface area (Å²) >= 11 is 3.19. The number of nitrogens with one attached hydrogen (secondary N) is 2. The summed E-state index contributed by atoms with van der Waals surface area (Å²) in [4.78, 5) is 25.3. The number of hydrogen-bond acceptors (Lipinski definition) is 6. The molecule has 106 valence electrons. The van der Waals surface area contributed by atoms with Crippen LogP contribution in [0.15, 0.2) is 27.3 Å². The number of H-pyrrole nitrogens is 1. The van der Waals surface area contributed by atoms with Gasteiger partial charge in [-0.2, -0.15) is 0 Å². The van der Waals surface area contributed by atoms with E-state index in [-0.39, 0.29) is 17.2 Å². The maximum absolute atomic E-state index is 11.7. The van der Waals surface area contributed by atoms with Gasteiger partial charge in [-0.15, -0.1) is 10.2 Å². The number of aryl methyl sites for hydroxylation is 1. The number of rotatable bonds is 6. The van der Waals surface area contributed by atoms with Crippen molar-refractivity contribution >= 4 is 29.0 Å². The van der Waals surface area contributed by atoms with Gasteiger partial charge in [-0.1, -0.05) is 29.2 Å². The molecule has 2 heterocycles. The highest BCUT2D eigenvalue weighted by Gasteiger charge is 2.05. The zero-order chi connectivity index (χ0) is 14.4. The van der Waals surface area contributed by atoms with E-state index in [2.05, 4.69) is 20.5 Å². The van der Waals surface area contributed by atoms with Gasteiger partial charge in [0.15, 0.2) is 4.34 Å². The molecule has 2 rings (SSSR count). The van der Waals surface area contributed by atoms with Gasteiger partial charge >= 0.3 is 0 Å². The molecule has 0 unspecified atom stereocenters. The molecule has 2 aromatic rings. The molecule has 0 saturated heterocycles. The number of aromatic amines is 1. The molecule has 6 nitrogen and oxygen atoms in total. The van der Waals surface area contributed by atoms with Crippen LogP contribution < -0.4 is 10.9 Å². The molecule has 0 aromatic carbocycles. The predicted molar refractivity (Wildman–Crippen MR) is 79.4 cm³/mol. The third-order valence-electron chi connectivity index (χ3n) is 2.35. The number of carbonyl (C=O) groups is 1. The van der Waals surface area contributed by atoms with Crippen molar-refractivity contribution in [2.75, 3.05) is 12.3 Å². The fourth-order valence-corrected chi connectivity index (χ4v) is 3.27. The second-order valence-electron chi connectivity index (χ2n) is 3.97. The fraction of sp³-hybridized carbons (Fsp3) is 0.333. The lowest BCUT2D eigenvalue weighted by Crippen LogP contribution is -2.27. The maximum Gasteiger partial charge on any atom is 0.267 e. The smallest absolute Gasteiger partial charge is 0.267 e. The van der Waals surface area contributed by atoms with Crippen molar-refractivity contribution < 1.29 is 4.79 Å². The average molecular weight is 310 g/mol. The zero-order valence-corrected chi connectivity index (χ0v) is 12.5. The normalized spacial score (nSPS) is 10.4. The first-order chi connectivity index (χ1) is 9.65. The highest BCUT2D eigenvalue weighted by atomic mass is 32.2. The molecule has 0 aliphatic heterocycles. The van der Waals surface area contributed by atoms with Crippen LogP contribution in [0.1, 0.15) is 21.9 Å². The SMILES string of the molecule is Cc1nnc(SCCCNC(=O)c2cccc(=O)[nH]2)s1. The van der Waals surface area contributed by atoms with E-state index < -0.39 is 0 Å². The first-order valence-electron chi connectivity index (χ1n) is 6.05. The highest BCUT2D eigenvalue weighted by molar-refractivity contribution is 8.01. The summed E-state index contributed by atoms with van der Waals surface area (Å²) in [5.74, 6) is 0.597. The summed E-state index contributed by atoms with van der Waals surface area (Å²) in [5.41, 5.74) is 0.00439. The molecule has 0 fully saturated rings. The van der Waals surface area contributed by atoms with Crippen LogP contribution >= 0.6 is 23.1 Å². The van der Waals surface area contributed by atoms with Gasteiger partial charge < -0.3 is 10.3 Å². The molecule has 0 aliphatic carbocycles. The van der Waals surface area contributed by atoms with Gasteiger partial charge in [0.05, 0.1) is 0 Å². The fourth-order valence-electron chi connectivity index (χ4n) is 1.45. The molecule has 1 amide bonds. The number of nitrogens with zero attached hydrogens (tertiary/aromatic N) is 2. The van der Waals surface area contributed by atoms with Crippen LogP contribution in [0.25, 0.3) is 0 Å². The number of aromatic nitrogens is 3. The van der Waals surface area contributed by atoms with Crippen molar-refractivity contribution in [3.05, 3.63) is 39.3 Å². The van der Waals surface area contributed by atoms with E-state index in [0.29, 0.717) is 6.54 Å². The summed E-state index contributed by atoms with van der Waals surface area (Å²) in [6, 6.07) is 4.51. The van der Waals surface area contributed by atoms with E-state index in [1.54, 1.807) is 35.2 Å². The van der Waals surface area contributed by atoms with Crippen LogP contribution in [0.2, 0.25) is 0 Å². The topological polar surface area (TPSA) is 87.7 Å². The summed E-state index contributed by atoms with van der Waals surface area (Å²) in [7, 11) is 0. The van der Waals surface area contributed by atoms with Crippen molar-refractivity contribution in [1.29, 1.82) is 0 Å². The van der Waals surface area contributed by atoms with Gasteiger partial charge in [0.2, 0.25) is 5.56 Å². The molecule has 2 N–H and O–H groups in total. The number of carbonyl (C=O) groups excluding carboxylic acids is 1. The monoisotopic (exact) mass is 310 g/mol. The number of pyridine rings is 1. The summed E-state index contributed by atoms with van der Waals surface area (Å²) in [5, 5.41) is 11.7. The van der Waals surface area contributed by atoms with Gasteiger partial charge in [-0.05, 0) is 19.4 Å². The molecule has 0 atom stereocenters. The standard InChI is InChI=1S/C12H14N4O2S2/c1-8-15-16-12(20-8)19-7-3-6-13-11(18)9-4-2-5-10(17)14-9/h2,4-5H,3,6-7H2,1H3,(H,13,18)(H,14,17). The Hall–Kier alpha value is -1.67. The lowest BCUT2D eigenvalue weighted by Gasteiger charge is -2.04. The first kappa shape index (κ1) is 14.7. The quantitative estimate of drug-likeness (QED) is 0.623. The zero-order valence-electron chi connectivity index (χ0n) is 10.9. The van der Waals surface area contributed by atoms with Crippen LogP contribution in [0, 0.1) is 6.92 Å².